The Labute approximate surface area is 124 Å². The van der Waals surface area contributed by atoms with Crippen molar-refractivity contribution in [3.05, 3.63) is 48.4 Å². The molecule has 1 fully saturated rings. The van der Waals surface area contributed by atoms with Crippen LogP contribution in [0.1, 0.15) is 29.6 Å². The molecule has 0 aliphatic carbocycles. The molecule has 0 aromatic carbocycles. The zero-order chi connectivity index (χ0) is 14.5. The van der Waals surface area contributed by atoms with Crippen LogP contribution < -0.4 is 10.2 Å². The highest BCUT2D eigenvalue weighted by Gasteiger charge is 2.13. The Morgan fingerprint density at radius 2 is 1.95 bits per heavy atom. The maximum absolute atomic E-state index is 12.1. The van der Waals surface area contributed by atoms with E-state index in [0.29, 0.717) is 11.3 Å². The molecule has 0 atom stereocenters. The maximum Gasteiger partial charge on any atom is 0.257 e. The summed E-state index contributed by atoms with van der Waals surface area (Å²) in [5.74, 6) is 0.785. The lowest BCUT2D eigenvalue weighted by molar-refractivity contribution is 0.102. The summed E-state index contributed by atoms with van der Waals surface area (Å²) in [6.07, 6.45) is 8.64. The van der Waals surface area contributed by atoms with Gasteiger partial charge < -0.3 is 10.2 Å². The van der Waals surface area contributed by atoms with Crippen molar-refractivity contribution >= 4 is 17.4 Å². The van der Waals surface area contributed by atoms with Gasteiger partial charge in [-0.05, 0) is 43.5 Å². The normalized spacial score (nSPS) is 14.8. The molecule has 2 aromatic heterocycles. The van der Waals surface area contributed by atoms with Crippen LogP contribution in [0.3, 0.4) is 0 Å². The van der Waals surface area contributed by atoms with Crippen LogP contribution in [0.2, 0.25) is 0 Å². The zero-order valence-corrected chi connectivity index (χ0v) is 11.8. The Kier molecular flexibility index (Phi) is 4.09. The summed E-state index contributed by atoms with van der Waals surface area (Å²) >= 11 is 0. The molecular weight excluding hydrogens is 264 g/mol. The molecular formula is C16H18N4O. The number of carbonyl (C=O) groups excluding carboxylic acids is 1. The molecule has 1 aliphatic rings. The van der Waals surface area contributed by atoms with E-state index < -0.39 is 0 Å². The molecule has 1 amide bonds. The molecule has 0 bridgehead atoms. The number of nitrogens with zero attached hydrogens (tertiary/aromatic N) is 3. The Morgan fingerprint density at radius 1 is 1.10 bits per heavy atom. The molecule has 1 saturated heterocycles. The van der Waals surface area contributed by atoms with E-state index in [1.54, 1.807) is 30.7 Å². The van der Waals surface area contributed by atoms with Gasteiger partial charge in [-0.15, -0.1) is 0 Å². The third-order valence-electron chi connectivity index (χ3n) is 3.61. The zero-order valence-electron chi connectivity index (χ0n) is 11.8. The Balaban J connectivity index is 1.67. The van der Waals surface area contributed by atoms with Crippen molar-refractivity contribution in [2.24, 2.45) is 0 Å². The van der Waals surface area contributed by atoms with Crippen molar-refractivity contribution in [2.45, 2.75) is 19.3 Å². The second-order valence-electron chi connectivity index (χ2n) is 5.15. The molecule has 0 unspecified atom stereocenters. The average Bonchev–Trinajstić information content (AvgIpc) is 2.57. The first-order valence-corrected chi connectivity index (χ1v) is 7.25. The van der Waals surface area contributed by atoms with Crippen LogP contribution in [0.5, 0.6) is 0 Å². The molecule has 1 N–H and O–H groups in total. The lowest BCUT2D eigenvalue weighted by Crippen LogP contribution is -2.30. The number of carbonyl (C=O) groups is 1. The second kappa shape index (κ2) is 6.35. The molecule has 1 aliphatic heterocycles. The topological polar surface area (TPSA) is 58.1 Å². The number of anilines is 2. The third kappa shape index (κ3) is 3.37. The lowest BCUT2D eigenvalue weighted by atomic mass is 10.1. The van der Waals surface area contributed by atoms with E-state index in [4.69, 9.17) is 0 Å². The standard InChI is InChI=1S/C16H18N4O/c21-16(19-14-5-4-8-17-12-14)13-6-7-15(18-11-13)20-9-2-1-3-10-20/h4-8,11-12H,1-3,9-10H2,(H,19,21). The highest BCUT2D eigenvalue weighted by molar-refractivity contribution is 6.04. The Hall–Kier alpha value is -2.43. The minimum absolute atomic E-state index is 0.166. The highest BCUT2D eigenvalue weighted by Crippen LogP contribution is 2.17. The Bertz CT molecular complexity index is 591. The third-order valence-corrected chi connectivity index (χ3v) is 3.61. The number of amides is 1. The molecule has 0 radical (unpaired) electrons. The van der Waals surface area contributed by atoms with E-state index in [9.17, 15) is 4.79 Å². The van der Waals surface area contributed by atoms with Crippen LogP contribution in [-0.4, -0.2) is 29.0 Å². The van der Waals surface area contributed by atoms with E-state index in [2.05, 4.69) is 20.2 Å². The quantitative estimate of drug-likeness (QED) is 0.940. The molecule has 2 aromatic rings. The predicted octanol–water partition coefficient (Wildman–Crippen LogP) is 2.72. The van der Waals surface area contributed by atoms with Crippen LogP contribution in [-0.2, 0) is 0 Å². The summed E-state index contributed by atoms with van der Waals surface area (Å²) in [5, 5.41) is 2.80. The Morgan fingerprint density at radius 3 is 2.62 bits per heavy atom. The number of rotatable bonds is 3. The molecule has 21 heavy (non-hydrogen) atoms. The maximum atomic E-state index is 12.1. The average molecular weight is 282 g/mol. The van der Waals surface area contributed by atoms with Gasteiger partial charge in [0.25, 0.3) is 5.91 Å². The van der Waals surface area contributed by atoms with Crippen molar-refractivity contribution in [1.82, 2.24) is 9.97 Å². The van der Waals surface area contributed by atoms with Gasteiger partial charge in [0.1, 0.15) is 5.82 Å². The van der Waals surface area contributed by atoms with Gasteiger partial charge in [-0.1, -0.05) is 0 Å². The number of nitrogens with one attached hydrogen (secondary N) is 1. The van der Waals surface area contributed by atoms with Gasteiger partial charge in [-0.25, -0.2) is 4.98 Å². The van der Waals surface area contributed by atoms with Gasteiger partial charge in [-0.3, -0.25) is 9.78 Å². The fourth-order valence-corrected chi connectivity index (χ4v) is 2.47. The number of aromatic nitrogens is 2. The highest BCUT2D eigenvalue weighted by atomic mass is 16.1. The molecule has 0 spiro atoms. The van der Waals surface area contributed by atoms with Crippen molar-refractivity contribution in [2.75, 3.05) is 23.3 Å². The second-order valence-corrected chi connectivity index (χ2v) is 5.15. The molecule has 0 saturated carbocycles. The molecule has 5 heteroatoms. The van der Waals surface area contributed by atoms with Gasteiger partial charge in [0.2, 0.25) is 0 Å². The monoisotopic (exact) mass is 282 g/mol. The van der Waals surface area contributed by atoms with Crippen molar-refractivity contribution in [3.8, 4) is 0 Å². The largest absolute Gasteiger partial charge is 0.357 e. The van der Waals surface area contributed by atoms with E-state index in [-0.39, 0.29) is 5.91 Å². The minimum Gasteiger partial charge on any atom is -0.357 e. The van der Waals surface area contributed by atoms with E-state index in [1.165, 1.54) is 19.3 Å². The number of pyridine rings is 2. The summed E-state index contributed by atoms with van der Waals surface area (Å²) in [5.41, 5.74) is 1.24. The van der Waals surface area contributed by atoms with Crippen molar-refractivity contribution < 1.29 is 4.79 Å². The number of piperidine rings is 1. The van der Waals surface area contributed by atoms with Gasteiger partial charge >= 0.3 is 0 Å². The van der Waals surface area contributed by atoms with Crippen LogP contribution in [0.15, 0.2) is 42.9 Å². The van der Waals surface area contributed by atoms with Gasteiger partial charge in [0.05, 0.1) is 17.4 Å². The van der Waals surface area contributed by atoms with E-state index in [1.807, 2.05) is 12.1 Å². The lowest BCUT2D eigenvalue weighted by Gasteiger charge is -2.27. The number of hydrogen-bond donors (Lipinski definition) is 1. The van der Waals surface area contributed by atoms with Gasteiger partial charge in [0.15, 0.2) is 0 Å². The molecule has 108 valence electrons. The fraction of sp³-hybridized carbons (Fsp3) is 0.312. The summed E-state index contributed by atoms with van der Waals surface area (Å²) in [6.45, 7) is 2.10. The summed E-state index contributed by atoms with van der Waals surface area (Å²) < 4.78 is 0. The van der Waals surface area contributed by atoms with Crippen LogP contribution in [0.25, 0.3) is 0 Å². The molecule has 3 heterocycles. The van der Waals surface area contributed by atoms with Crippen molar-refractivity contribution in [1.29, 1.82) is 0 Å². The van der Waals surface area contributed by atoms with Crippen LogP contribution in [0, 0.1) is 0 Å². The van der Waals surface area contributed by atoms with Gasteiger partial charge in [0, 0.05) is 25.5 Å². The minimum atomic E-state index is -0.166. The summed E-state index contributed by atoms with van der Waals surface area (Å²) in [6, 6.07) is 7.33. The summed E-state index contributed by atoms with van der Waals surface area (Å²) in [4.78, 5) is 22.8. The van der Waals surface area contributed by atoms with E-state index >= 15 is 0 Å². The predicted molar refractivity (Wildman–Crippen MR) is 82.5 cm³/mol. The van der Waals surface area contributed by atoms with Crippen LogP contribution in [0.4, 0.5) is 11.5 Å². The first kappa shape index (κ1) is 13.5. The SMILES string of the molecule is O=C(Nc1cccnc1)c1ccc(N2CCCCC2)nc1. The first-order valence-electron chi connectivity index (χ1n) is 7.25. The molecule has 5 nitrogen and oxygen atoms in total. The smallest absolute Gasteiger partial charge is 0.257 e. The van der Waals surface area contributed by atoms with Crippen LogP contribution >= 0.6 is 0 Å². The first-order chi connectivity index (χ1) is 10.3. The van der Waals surface area contributed by atoms with Gasteiger partial charge in [-0.2, -0.15) is 0 Å². The summed E-state index contributed by atoms with van der Waals surface area (Å²) in [7, 11) is 0. The van der Waals surface area contributed by atoms with E-state index in [0.717, 1.165) is 18.9 Å². The number of hydrogen-bond acceptors (Lipinski definition) is 4. The molecule has 3 rings (SSSR count). The fourth-order valence-electron chi connectivity index (χ4n) is 2.47. The van der Waals surface area contributed by atoms with Crippen molar-refractivity contribution in [3.63, 3.8) is 0 Å².